The smallest absolute Gasteiger partial charge is 0.309 e. The SMILES string of the molecule is C[N+](=CC1CCC(C(=O)N2CCC(C)(C(=O)O)CC2)CC1)c1ccc(C2CCC(=O)NC2=O)cc1. The van der Waals surface area contributed by atoms with Crippen LogP contribution < -0.4 is 5.32 Å². The first kappa shape index (κ1) is 25.1. The van der Waals surface area contributed by atoms with Crippen LogP contribution in [0.4, 0.5) is 5.69 Å². The Hall–Kier alpha value is -3.03. The standard InChI is InChI=1S/C27H35N3O5/c1-27(26(34)35)13-15-30(16-14-27)25(33)20-5-3-18(4-6-20)17-29(2)21-9-7-19(8-10-21)22-11-12-23(31)28-24(22)32/h7-10,17-18,20,22H,3-6,11-16H2,1-2H3,(H-,28,31,32,34,35)/p+1. The molecule has 35 heavy (non-hydrogen) atoms. The molecule has 2 N–H and O–H groups in total. The van der Waals surface area contributed by atoms with Gasteiger partial charge in [-0.05, 0) is 57.4 Å². The molecule has 8 heteroatoms. The summed E-state index contributed by atoms with van der Waals surface area (Å²) in [5.41, 5.74) is 1.25. The number of imide groups is 1. The third kappa shape index (κ3) is 5.63. The molecule has 1 aliphatic carbocycles. The molecule has 8 nitrogen and oxygen atoms in total. The lowest BCUT2D eigenvalue weighted by Gasteiger charge is -2.38. The largest absolute Gasteiger partial charge is 0.481 e. The number of carbonyl (C=O) groups excluding carboxylic acids is 3. The van der Waals surface area contributed by atoms with E-state index in [1.165, 1.54) is 0 Å². The normalized spacial score (nSPS) is 27.3. The number of piperidine rings is 2. The number of carbonyl (C=O) groups is 4. The molecular formula is C27H36N3O5+. The van der Waals surface area contributed by atoms with Gasteiger partial charge in [0.05, 0.1) is 11.3 Å². The average Bonchev–Trinajstić information content (AvgIpc) is 2.84. The molecule has 0 radical (unpaired) electrons. The predicted octanol–water partition coefficient (Wildman–Crippen LogP) is 3.07. The number of nitrogens with zero attached hydrogens (tertiary/aromatic N) is 2. The van der Waals surface area contributed by atoms with Gasteiger partial charge in [-0.3, -0.25) is 24.5 Å². The van der Waals surface area contributed by atoms with Crippen LogP contribution in [-0.4, -0.2) is 64.6 Å². The molecule has 1 atom stereocenters. The molecule has 1 aromatic rings. The number of carboxylic acids is 1. The van der Waals surface area contributed by atoms with E-state index in [2.05, 4.69) is 16.1 Å². The molecule has 1 saturated carbocycles. The Morgan fingerprint density at radius 1 is 1.06 bits per heavy atom. The van der Waals surface area contributed by atoms with E-state index in [9.17, 15) is 24.3 Å². The molecule has 1 aromatic carbocycles. The van der Waals surface area contributed by atoms with Gasteiger partial charge < -0.3 is 10.0 Å². The molecule has 188 valence electrons. The van der Waals surface area contributed by atoms with Crippen LogP contribution in [0.3, 0.4) is 0 Å². The minimum Gasteiger partial charge on any atom is -0.481 e. The van der Waals surface area contributed by atoms with E-state index in [4.69, 9.17) is 0 Å². The maximum atomic E-state index is 13.0. The van der Waals surface area contributed by atoms with Gasteiger partial charge in [-0.1, -0.05) is 12.1 Å². The highest BCUT2D eigenvalue weighted by Gasteiger charge is 2.39. The van der Waals surface area contributed by atoms with E-state index >= 15 is 0 Å². The number of amides is 3. The molecule has 2 heterocycles. The molecule has 2 aliphatic heterocycles. The third-order valence-electron chi connectivity index (χ3n) is 8.19. The first-order valence-corrected chi connectivity index (χ1v) is 12.7. The number of nitrogens with one attached hydrogen (secondary N) is 1. The second-order valence-electron chi connectivity index (χ2n) is 10.7. The minimum atomic E-state index is -0.768. The zero-order valence-corrected chi connectivity index (χ0v) is 20.7. The fourth-order valence-corrected chi connectivity index (χ4v) is 5.56. The molecule has 3 fully saturated rings. The number of likely N-dealkylation sites (tertiary alicyclic amines) is 1. The van der Waals surface area contributed by atoms with E-state index in [-0.39, 0.29) is 29.6 Å². The summed E-state index contributed by atoms with van der Waals surface area (Å²) in [6, 6.07) is 7.93. The van der Waals surface area contributed by atoms with Crippen molar-refractivity contribution in [2.24, 2.45) is 17.3 Å². The minimum absolute atomic E-state index is 0.0342. The van der Waals surface area contributed by atoms with Crippen LogP contribution >= 0.6 is 0 Å². The van der Waals surface area contributed by atoms with Gasteiger partial charge in [0.2, 0.25) is 23.4 Å². The van der Waals surface area contributed by atoms with Crippen molar-refractivity contribution < 1.29 is 28.9 Å². The Kier molecular flexibility index (Phi) is 7.38. The molecule has 1 unspecified atom stereocenters. The Morgan fingerprint density at radius 3 is 2.26 bits per heavy atom. The van der Waals surface area contributed by atoms with Crippen molar-refractivity contribution in [2.75, 3.05) is 20.1 Å². The predicted molar refractivity (Wildman–Crippen MR) is 130 cm³/mol. The fourth-order valence-electron chi connectivity index (χ4n) is 5.56. The maximum absolute atomic E-state index is 13.0. The van der Waals surface area contributed by atoms with Crippen molar-refractivity contribution >= 4 is 35.6 Å². The molecular weight excluding hydrogens is 446 g/mol. The van der Waals surface area contributed by atoms with Crippen LogP contribution in [-0.2, 0) is 19.2 Å². The molecule has 4 rings (SSSR count). The quantitative estimate of drug-likeness (QED) is 0.381. The van der Waals surface area contributed by atoms with E-state index in [0.717, 1.165) is 36.9 Å². The highest BCUT2D eigenvalue weighted by atomic mass is 16.4. The lowest BCUT2D eigenvalue weighted by Crippen LogP contribution is -2.47. The summed E-state index contributed by atoms with van der Waals surface area (Å²) < 4.78 is 2.11. The van der Waals surface area contributed by atoms with Crippen LogP contribution in [0.25, 0.3) is 0 Å². The van der Waals surface area contributed by atoms with Gasteiger partial charge in [-0.25, -0.2) is 4.58 Å². The molecule has 0 bridgehead atoms. The van der Waals surface area contributed by atoms with E-state index < -0.39 is 11.4 Å². The Bertz CT molecular complexity index is 1020. The molecule has 0 spiro atoms. The van der Waals surface area contributed by atoms with Crippen molar-refractivity contribution in [3.63, 3.8) is 0 Å². The summed E-state index contributed by atoms with van der Waals surface area (Å²) in [6.45, 7) is 2.84. The van der Waals surface area contributed by atoms with Gasteiger partial charge in [0, 0.05) is 43.5 Å². The number of aliphatic carboxylic acids is 1. The first-order chi connectivity index (χ1) is 16.7. The van der Waals surface area contributed by atoms with Gasteiger partial charge in [0.25, 0.3) is 0 Å². The molecule has 0 aromatic heterocycles. The van der Waals surface area contributed by atoms with Crippen LogP contribution in [0.1, 0.15) is 69.8 Å². The topological polar surface area (TPSA) is 107 Å². The summed E-state index contributed by atoms with van der Waals surface area (Å²) in [5.74, 6) is -0.848. The van der Waals surface area contributed by atoms with Crippen molar-refractivity contribution in [3.05, 3.63) is 29.8 Å². The number of rotatable bonds is 5. The number of benzene rings is 1. The Morgan fingerprint density at radius 2 is 1.69 bits per heavy atom. The van der Waals surface area contributed by atoms with Gasteiger partial charge in [0.15, 0.2) is 0 Å². The van der Waals surface area contributed by atoms with Gasteiger partial charge in [-0.2, -0.15) is 0 Å². The lowest BCUT2D eigenvalue weighted by molar-refractivity contribution is -0.402. The summed E-state index contributed by atoms with van der Waals surface area (Å²) in [7, 11) is 2.02. The van der Waals surface area contributed by atoms with E-state index in [1.807, 2.05) is 36.2 Å². The van der Waals surface area contributed by atoms with Crippen molar-refractivity contribution in [2.45, 2.75) is 64.2 Å². The number of carboxylic acid groups (broad SMARTS) is 1. The van der Waals surface area contributed by atoms with Gasteiger partial charge >= 0.3 is 5.97 Å². The number of hydrogen-bond acceptors (Lipinski definition) is 4. The molecule has 2 saturated heterocycles. The highest BCUT2D eigenvalue weighted by Crippen LogP contribution is 2.34. The van der Waals surface area contributed by atoms with Gasteiger partial charge in [-0.15, -0.1) is 0 Å². The van der Waals surface area contributed by atoms with Crippen molar-refractivity contribution in [3.8, 4) is 0 Å². The molecule has 3 amide bonds. The van der Waals surface area contributed by atoms with Crippen LogP contribution in [0.15, 0.2) is 24.3 Å². The summed E-state index contributed by atoms with van der Waals surface area (Å²) >= 11 is 0. The van der Waals surface area contributed by atoms with Crippen LogP contribution in [0, 0.1) is 17.3 Å². The Balaban J connectivity index is 1.29. The maximum Gasteiger partial charge on any atom is 0.309 e. The lowest BCUT2D eigenvalue weighted by atomic mass is 9.78. The average molecular weight is 483 g/mol. The summed E-state index contributed by atoms with van der Waals surface area (Å²) in [6.07, 6.45) is 7.80. The number of hydrogen-bond donors (Lipinski definition) is 2. The van der Waals surface area contributed by atoms with Crippen LogP contribution in [0.2, 0.25) is 0 Å². The highest BCUT2D eigenvalue weighted by molar-refractivity contribution is 6.00. The van der Waals surface area contributed by atoms with Crippen molar-refractivity contribution in [1.29, 1.82) is 0 Å². The second-order valence-corrected chi connectivity index (χ2v) is 10.7. The fraction of sp³-hybridized carbons (Fsp3) is 0.593. The zero-order chi connectivity index (χ0) is 25.2. The van der Waals surface area contributed by atoms with E-state index in [0.29, 0.717) is 44.7 Å². The second kappa shape index (κ2) is 10.3. The van der Waals surface area contributed by atoms with Crippen LogP contribution in [0.5, 0.6) is 0 Å². The first-order valence-electron chi connectivity index (χ1n) is 12.7. The zero-order valence-electron chi connectivity index (χ0n) is 20.7. The Labute approximate surface area is 206 Å². The van der Waals surface area contributed by atoms with Gasteiger partial charge in [0.1, 0.15) is 13.3 Å². The third-order valence-corrected chi connectivity index (χ3v) is 8.19. The van der Waals surface area contributed by atoms with E-state index in [1.54, 1.807) is 6.92 Å². The monoisotopic (exact) mass is 482 g/mol. The molecule has 3 aliphatic rings. The summed E-state index contributed by atoms with van der Waals surface area (Å²) in [4.78, 5) is 49.8. The van der Waals surface area contributed by atoms with Crippen molar-refractivity contribution in [1.82, 2.24) is 10.2 Å². The summed E-state index contributed by atoms with van der Waals surface area (Å²) in [5, 5.41) is 11.8.